The standard InChI is InChI=1S/C19H18N2O2S2/c1-3-10-21-18(23)15-12-16(14-7-5-4-6-8-14)25-17(15)20-19(21)24-11-9-13(2)22/h3-8,12H,1,9-11H2,2H3. The summed E-state index contributed by atoms with van der Waals surface area (Å²) in [7, 11) is 0. The van der Waals surface area contributed by atoms with E-state index < -0.39 is 0 Å². The first-order chi connectivity index (χ1) is 12.1. The summed E-state index contributed by atoms with van der Waals surface area (Å²) in [5, 5.41) is 1.27. The van der Waals surface area contributed by atoms with E-state index in [0.29, 0.717) is 29.3 Å². The molecule has 0 radical (unpaired) electrons. The number of hydrogen-bond acceptors (Lipinski definition) is 5. The minimum Gasteiger partial charge on any atom is -0.300 e. The van der Waals surface area contributed by atoms with Crippen LogP contribution in [0.1, 0.15) is 13.3 Å². The number of thioether (sulfide) groups is 1. The van der Waals surface area contributed by atoms with Gasteiger partial charge in [-0.1, -0.05) is 48.2 Å². The molecule has 0 bridgehead atoms. The van der Waals surface area contributed by atoms with Crippen molar-refractivity contribution in [1.29, 1.82) is 0 Å². The van der Waals surface area contributed by atoms with Crippen LogP contribution in [0.5, 0.6) is 0 Å². The number of carbonyl (C=O) groups is 1. The fourth-order valence-electron chi connectivity index (χ4n) is 2.43. The van der Waals surface area contributed by atoms with Gasteiger partial charge in [-0.15, -0.1) is 17.9 Å². The second-order valence-electron chi connectivity index (χ2n) is 5.59. The van der Waals surface area contributed by atoms with Gasteiger partial charge in [-0.2, -0.15) is 0 Å². The molecule has 1 aromatic carbocycles. The summed E-state index contributed by atoms with van der Waals surface area (Å²) in [6.45, 7) is 5.70. The topological polar surface area (TPSA) is 52.0 Å². The molecule has 0 fully saturated rings. The molecule has 3 aromatic rings. The monoisotopic (exact) mass is 370 g/mol. The number of ketones is 1. The van der Waals surface area contributed by atoms with Crippen LogP contribution in [0, 0.1) is 0 Å². The first kappa shape index (κ1) is 17.6. The average molecular weight is 370 g/mol. The van der Waals surface area contributed by atoms with E-state index in [2.05, 4.69) is 11.6 Å². The van der Waals surface area contributed by atoms with Crippen molar-refractivity contribution in [3.8, 4) is 10.4 Å². The van der Waals surface area contributed by atoms with E-state index in [1.807, 2.05) is 36.4 Å². The van der Waals surface area contributed by atoms with E-state index in [1.54, 1.807) is 17.6 Å². The smallest absolute Gasteiger partial charge is 0.263 e. The molecule has 0 N–H and O–H groups in total. The van der Waals surface area contributed by atoms with Crippen LogP contribution in [0.3, 0.4) is 0 Å². The minimum absolute atomic E-state index is 0.0614. The number of carbonyl (C=O) groups excluding carboxylic acids is 1. The molecule has 3 rings (SSSR count). The van der Waals surface area contributed by atoms with E-state index in [4.69, 9.17) is 0 Å². The second kappa shape index (κ2) is 7.80. The molecule has 0 aliphatic heterocycles. The minimum atomic E-state index is -0.0614. The van der Waals surface area contributed by atoms with Crippen LogP contribution in [0.15, 0.2) is 59.0 Å². The Labute approximate surface area is 154 Å². The molecular formula is C19H18N2O2S2. The van der Waals surface area contributed by atoms with Gasteiger partial charge in [0.25, 0.3) is 5.56 Å². The van der Waals surface area contributed by atoms with Crippen LogP contribution < -0.4 is 5.56 Å². The van der Waals surface area contributed by atoms with E-state index >= 15 is 0 Å². The third-order valence-electron chi connectivity index (χ3n) is 3.67. The molecule has 25 heavy (non-hydrogen) atoms. The number of nitrogens with zero attached hydrogens (tertiary/aromatic N) is 2. The van der Waals surface area contributed by atoms with Crippen molar-refractivity contribution in [2.24, 2.45) is 0 Å². The maximum Gasteiger partial charge on any atom is 0.263 e. The highest BCUT2D eigenvalue weighted by atomic mass is 32.2. The van der Waals surface area contributed by atoms with Crippen molar-refractivity contribution in [2.45, 2.75) is 25.0 Å². The molecule has 0 aliphatic rings. The molecule has 6 heteroatoms. The number of Topliss-reactive ketones (excluding diaryl/α,β-unsaturated/α-hetero) is 1. The highest BCUT2D eigenvalue weighted by Crippen LogP contribution is 2.32. The normalized spacial score (nSPS) is 10.9. The summed E-state index contributed by atoms with van der Waals surface area (Å²) in [6, 6.07) is 11.9. The zero-order valence-corrected chi connectivity index (χ0v) is 15.5. The average Bonchev–Trinajstić information content (AvgIpc) is 3.03. The zero-order chi connectivity index (χ0) is 17.8. The zero-order valence-electron chi connectivity index (χ0n) is 13.9. The van der Waals surface area contributed by atoms with Crippen LogP contribution in [0.2, 0.25) is 0 Å². The number of aromatic nitrogens is 2. The van der Waals surface area contributed by atoms with Crippen LogP contribution >= 0.6 is 23.1 Å². The highest BCUT2D eigenvalue weighted by Gasteiger charge is 2.14. The fraction of sp³-hybridized carbons (Fsp3) is 0.211. The van der Waals surface area contributed by atoms with Crippen LogP contribution in [0.25, 0.3) is 20.7 Å². The van der Waals surface area contributed by atoms with E-state index in [-0.39, 0.29) is 11.3 Å². The number of thiophene rings is 1. The third-order valence-corrected chi connectivity index (χ3v) is 5.73. The SMILES string of the molecule is C=CCn1c(SCCC(C)=O)nc2sc(-c3ccccc3)cc2c1=O. The number of benzene rings is 1. The van der Waals surface area contributed by atoms with Crippen molar-refractivity contribution in [2.75, 3.05) is 5.75 Å². The lowest BCUT2D eigenvalue weighted by molar-refractivity contribution is -0.116. The van der Waals surface area contributed by atoms with Gasteiger partial charge in [-0.25, -0.2) is 4.98 Å². The maximum atomic E-state index is 12.9. The van der Waals surface area contributed by atoms with E-state index in [1.165, 1.54) is 23.1 Å². The Morgan fingerprint density at radius 3 is 2.80 bits per heavy atom. The lowest BCUT2D eigenvalue weighted by Gasteiger charge is -2.09. The number of hydrogen-bond donors (Lipinski definition) is 0. The summed E-state index contributed by atoms with van der Waals surface area (Å²) in [6.07, 6.45) is 2.15. The number of fused-ring (bicyclic) bond motifs is 1. The van der Waals surface area contributed by atoms with E-state index in [9.17, 15) is 9.59 Å². The van der Waals surface area contributed by atoms with Gasteiger partial charge in [0.2, 0.25) is 0 Å². The van der Waals surface area contributed by atoms with Crippen molar-refractivity contribution in [3.05, 3.63) is 59.4 Å². The molecule has 0 saturated carbocycles. The van der Waals surface area contributed by atoms with Gasteiger partial charge in [0.15, 0.2) is 5.16 Å². The van der Waals surface area contributed by atoms with Gasteiger partial charge in [0.1, 0.15) is 10.6 Å². The molecule has 0 aliphatic carbocycles. The number of allylic oxidation sites excluding steroid dienone is 1. The third kappa shape index (κ3) is 3.91. The first-order valence-electron chi connectivity index (χ1n) is 7.93. The highest BCUT2D eigenvalue weighted by molar-refractivity contribution is 7.99. The van der Waals surface area contributed by atoms with E-state index in [0.717, 1.165) is 15.3 Å². The second-order valence-corrected chi connectivity index (χ2v) is 7.69. The fourth-order valence-corrected chi connectivity index (χ4v) is 4.55. The van der Waals surface area contributed by atoms with Crippen molar-refractivity contribution >= 4 is 39.1 Å². The van der Waals surface area contributed by atoms with Gasteiger partial charge in [0, 0.05) is 23.6 Å². The Hall–Kier alpha value is -2.18. The molecule has 0 spiro atoms. The molecule has 0 unspecified atom stereocenters. The maximum absolute atomic E-state index is 12.9. The summed E-state index contributed by atoms with van der Waals surface area (Å²) in [5.41, 5.74) is 1.01. The summed E-state index contributed by atoms with van der Waals surface area (Å²) < 4.78 is 1.63. The van der Waals surface area contributed by atoms with Crippen molar-refractivity contribution in [1.82, 2.24) is 9.55 Å². The largest absolute Gasteiger partial charge is 0.300 e. The molecular weight excluding hydrogens is 352 g/mol. The van der Waals surface area contributed by atoms with Crippen LogP contribution in [-0.2, 0) is 11.3 Å². The predicted molar refractivity (Wildman–Crippen MR) is 106 cm³/mol. The molecule has 2 heterocycles. The lowest BCUT2D eigenvalue weighted by Crippen LogP contribution is -2.22. The van der Waals surface area contributed by atoms with Gasteiger partial charge >= 0.3 is 0 Å². The summed E-state index contributed by atoms with van der Waals surface area (Å²) in [5.74, 6) is 0.745. The Balaban J connectivity index is 2.06. The van der Waals surface area contributed by atoms with Crippen molar-refractivity contribution in [3.63, 3.8) is 0 Å². The molecule has 2 aromatic heterocycles. The van der Waals surface area contributed by atoms with Gasteiger partial charge in [-0.3, -0.25) is 14.2 Å². The number of rotatable bonds is 7. The Kier molecular flexibility index (Phi) is 5.50. The Morgan fingerprint density at radius 2 is 2.12 bits per heavy atom. The molecule has 0 saturated heterocycles. The Morgan fingerprint density at radius 1 is 1.36 bits per heavy atom. The van der Waals surface area contributed by atoms with Crippen LogP contribution in [0.4, 0.5) is 0 Å². The van der Waals surface area contributed by atoms with Gasteiger partial charge in [-0.05, 0) is 18.6 Å². The summed E-state index contributed by atoms with van der Waals surface area (Å²) in [4.78, 5) is 30.5. The molecule has 0 amide bonds. The molecule has 0 atom stereocenters. The summed E-state index contributed by atoms with van der Waals surface area (Å²) >= 11 is 2.95. The predicted octanol–water partition coefficient (Wildman–Crippen LogP) is 4.38. The molecule has 4 nitrogen and oxygen atoms in total. The van der Waals surface area contributed by atoms with Gasteiger partial charge in [0.05, 0.1) is 5.39 Å². The first-order valence-corrected chi connectivity index (χ1v) is 9.73. The quantitative estimate of drug-likeness (QED) is 0.352. The molecule has 128 valence electrons. The van der Waals surface area contributed by atoms with Gasteiger partial charge < -0.3 is 0 Å². The van der Waals surface area contributed by atoms with Crippen LogP contribution in [-0.4, -0.2) is 21.1 Å². The van der Waals surface area contributed by atoms with Crippen molar-refractivity contribution < 1.29 is 4.79 Å². The lowest BCUT2D eigenvalue weighted by atomic mass is 10.2. The Bertz CT molecular complexity index is 974.